The van der Waals surface area contributed by atoms with Gasteiger partial charge in [-0.25, -0.2) is 13.6 Å². The first-order valence-electron chi connectivity index (χ1n) is 4.14. The number of benzene rings is 1. The third-order valence-electron chi connectivity index (χ3n) is 1.71. The second-order valence-electron chi connectivity index (χ2n) is 3.11. The highest BCUT2D eigenvalue weighted by atomic mass is 79.9. The summed E-state index contributed by atoms with van der Waals surface area (Å²) < 4.78 is 22.1. The number of rotatable bonds is 4. The molecule has 15 heavy (non-hydrogen) atoms. The Hall–Kier alpha value is -0.720. The van der Waals surface area contributed by atoms with Gasteiger partial charge in [0.15, 0.2) is 5.78 Å². The van der Waals surface area contributed by atoms with Crippen LogP contribution in [-0.4, -0.2) is 20.0 Å². The zero-order chi connectivity index (χ0) is 11.5. The van der Waals surface area contributed by atoms with E-state index in [9.17, 15) is 13.2 Å². The fourth-order valence-corrected chi connectivity index (χ4v) is 2.11. The van der Waals surface area contributed by atoms with E-state index in [4.69, 9.17) is 5.14 Å². The monoisotopic (exact) mass is 291 g/mol. The van der Waals surface area contributed by atoms with Crippen molar-refractivity contribution in [3.8, 4) is 0 Å². The van der Waals surface area contributed by atoms with Gasteiger partial charge in [0, 0.05) is 10.9 Å². The Balaban J connectivity index is 2.72. The molecule has 0 aliphatic rings. The van der Waals surface area contributed by atoms with E-state index in [-0.39, 0.29) is 6.42 Å². The number of Topliss-reactive ketones (excluding diaryl/α,β-unsaturated/α-hetero) is 1. The van der Waals surface area contributed by atoms with Gasteiger partial charge in [-0.2, -0.15) is 0 Å². The molecule has 1 aromatic carbocycles. The molecule has 0 saturated heterocycles. The molecule has 0 aromatic heterocycles. The number of nitrogens with two attached hydrogens (primary N) is 1. The van der Waals surface area contributed by atoms with Gasteiger partial charge >= 0.3 is 0 Å². The molecule has 0 radical (unpaired) electrons. The molecule has 6 heteroatoms. The van der Waals surface area contributed by atoms with Crippen LogP contribution < -0.4 is 5.14 Å². The molecule has 0 saturated carbocycles. The van der Waals surface area contributed by atoms with Gasteiger partial charge in [-0.15, -0.1) is 0 Å². The third-order valence-corrected chi connectivity index (χ3v) is 3.21. The second-order valence-corrected chi connectivity index (χ2v) is 5.58. The van der Waals surface area contributed by atoms with Gasteiger partial charge in [0.05, 0.1) is 0 Å². The van der Waals surface area contributed by atoms with Crippen LogP contribution in [0.1, 0.15) is 5.56 Å². The number of carbonyl (C=O) groups is 1. The Kier molecular flexibility index (Phi) is 4.01. The summed E-state index contributed by atoms with van der Waals surface area (Å²) >= 11 is 3.27. The van der Waals surface area contributed by atoms with Crippen LogP contribution in [0, 0.1) is 0 Å². The highest BCUT2D eigenvalue weighted by Gasteiger charge is 2.12. The van der Waals surface area contributed by atoms with Gasteiger partial charge < -0.3 is 0 Å². The molecule has 0 heterocycles. The van der Waals surface area contributed by atoms with Crippen LogP contribution in [0.15, 0.2) is 28.7 Å². The first kappa shape index (κ1) is 12.4. The summed E-state index contributed by atoms with van der Waals surface area (Å²) in [6.45, 7) is 0. The SMILES string of the molecule is NS(=O)(=O)CC(=O)Cc1ccccc1Br. The molecular weight excluding hydrogens is 282 g/mol. The lowest BCUT2D eigenvalue weighted by molar-refractivity contribution is -0.116. The van der Waals surface area contributed by atoms with Crippen molar-refractivity contribution in [1.82, 2.24) is 0 Å². The third kappa shape index (κ3) is 4.55. The zero-order valence-corrected chi connectivity index (χ0v) is 10.2. The molecule has 82 valence electrons. The summed E-state index contributed by atoms with van der Waals surface area (Å²) in [5, 5.41) is 4.77. The number of halogens is 1. The second kappa shape index (κ2) is 4.87. The minimum atomic E-state index is -3.72. The van der Waals surface area contributed by atoms with Crippen LogP contribution in [-0.2, 0) is 21.2 Å². The van der Waals surface area contributed by atoms with E-state index in [1.54, 1.807) is 18.2 Å². The van der Waals surface area contributed by atoms with Crippen molar-refractivity contribution < 1.29 is 13.2 Å². The fraction of sp³-hybridized carbons (Fsp3) is 0.222. The van der Waals surface area contributed by atoms with Gasteiger partial charge in [-0.3, -0.25) is 4.79 Å². The van der Waals surface area contributed by atoms with E-state index in [1.807, 2.05) is 6.07 Å². The lowest BCUT2D eigenvalue weighted by Gasteiger charge is -2.02. The number of ketones is 1. The van der Waals surface area contributed by atoms with Crippen molar-refractivity contribution in [2.75, 3.05) is 5.75 Å². The van der Waals surface area contributed by atoms with Crippen molar-refractivity contribution in [3.05, 3.63) is 34.3 Å². The highest BCUT2D eigenvalue weighted by Crippen LogP contribution is 2.16. The Morgan fingerprint density at radius 3 is 2.47 bits per heavy atom. The number of hydrogen-bond donors (Lipinski definition) is 1. The molecular formula is C9H10BrNO3S. The smallest absolute Gasteiger partial charge is 0.216 e. The molecule has 0 atom stereocenters. The molecule has 0 spiro atoms. The molecule has 1 rings (SSSR count). The number of hydrogen-bond acceptors (Lipinski definition) is 3. The quantitative estimate of drug-likeness (QED) is 0.893. The summed E-state index contributed by atoms with van der Waals surface area (Å²) in [6.07, 6.45) is 0.0673. The minimum Gasteiger partial charge on any atom is -0.298 e. The van der Waals surface area contributed by atoms with E-state index in [1.165, 1.54) is 0 Å². The van der Waals surface area contributed by atoms with Crippen molar-refractivity contribution in [1.29, 1.82) is 0 Å². The summed E-state index contributed by atoms with van der Waals surface area (Å²) in [4.78, 5) is 11.3. The Labute approximate surface area is 96.7 Å². The molecule has 1 aromatic rings. The lowest BCUT2D eigenvalue weighted by atomic mass is 10.1. The average Bonchev–Trinajstić information content (AvgIpc) is 2.05. The Bertz CT molecular complexity index is 470. The van der Waals surface area contributed by atoms with Crippen molar-refractivity contribution in [2.24, 2.45) is 5.14 Å². The van der Waals surface area contributed by atoms with Crippen molar-refractivity contribution >= 4 is 31.7 Å². The standard InChI is InChI=1S/C9H10BrNO3S/c10-9-4-2-1-3-7(9)5-8(12)6-15(11,13)14/h1-4H,5-6H2,(H2,11,13,14). The summed E-state index contributed by atoms with van der Waals surface area (Å²) in [5.74, 6) is -1.03. The van der Waals surface area contributed by atoms with E-state index in [0.717, 1.165) is 10.0 Å². The van der Waals surface area contributed by atoms with Gasteiger partial charge in [-0.05, 0) is 11.6 Å². The predicted octanol–water partition coefficient (Wildman–Crippen LogP) is 0.849. The fourth-order valence-electron chi connectivity index (χ4n) is 1.13. The Morgan fingerprint density at radius 2 is 1.93 bits per heavy atom. The largest absolute Gasteiger partial charge is 0.298 e. The number of sulfonamides is 1. The van der Waals surface area contributed by atoms with Crippen LogP contribution in [0.3, 0.4) is 0 Å². The lowest BCUT2D eigenvalue weighted by Crippen LogP contribution is -2.24. The summed E-state index contributed by atoms with van der Waals surface area (Å²) in [6, 6.07) is 7.15. The molecule has 0 aliphatic carbocycles. The van der Waals surface area contributed by atoms with Gasteiger partial charge in [0.25, 0.3) is 0 Å². The zero-order valence-electron chi connectivity index (χ0n) is 7.81. The number of primary sulfonamides is 1. The maximum absolute atomic E-state index is 11.3. The van der Waals surface area contributed by atoms with Gasteiger partial charge in [0.1, 0.15) is 5.75 Å². The summed E-state index contributed by atoms with van der Waals surface area (Å²) in [7, 11) is -3.72. The first-order chi connectivity index (χ1) is 6.88. The maximum atomic E-state index is 11.3. The Morgan fingerprint density at radius 1 is 1.33 bits per heavy atom. The maximum Gasteiger partial charge on any atom is 0.216 e. The van der Waals surface area contributed by atoms with E-state index < -0.39 is 21.6 Å². The topological polar surface area (TPSA) is 77.2 Å². The van der Waals surface area contributed by atoms with E-state index in [2.05, 4.69) is 15.9 Å². The molecule has 0 aliphatic heterocycles. The van der Waals surface area contributed by atoms with Crippen molar-refractivity contribution in [3.63, 3.8) is 0 Å². The summed E-state index contributed by atoms with van der Waals surface area (Å²) in [5.41, 5.74) is 0.756. The molecule has 0 bridgehead atoms. The average molecular weight is 292 g/mol. The van der Waals surface area contributed by atoms with Gasteiger partial charge in [0.2, 0.25) is 10.0 Å². The molecule has 0 unspecified atom stereocenters. The van der Waals surface area contributed by atoms with Crippen LogP contribution in [0.2, 0.25) is 0 Å². The van der Waals surface area contributed by atoms with Gasteiger partial charge in [-0.1, -0.05) is 34.1 Å². The molecule has 2 N–H and O–H groups in total. The highest BCUT2D eigenvalue weighted by molar-refractivity contribution is 9.10. The van der Waals surface area contributed by atoms with Crippen LogP contribution in [0.4, 0.5) is 0 Å². The molecule has 4 nitrogen and oxygen atoms in total. The van der Waals surface area contributed by atoms with Crippen LogP contribution in [0.5, 0.6) is 0 Å². The van der Waals surface area contributed by atoms with Crippen molar-refractivity contribution in [2.45, 2.75) is 6.42 Å². The van der Waals surface area contributed by atoms with E-state index >= 15 is 0 Å². The first-order valence-corrected chi connectivity index (χ1v) is 6.65. The predicted molar refractivity (Wildman–Crippen MR) is 60.8 cm³/mol. The number of carbonyl (C=O) groups excluding carboxylic acids is 1. The normalized spacial score (nSPS) is 11.3. The minimum absolute atomic E-state index is 0.0673. The van der Waals surface area contributed by atoms with Crippen LogP contribution in [0.25, 0.3) is 0 Å². The molecule has 0 amide bonds. The van der Waals surface area contributed by atoms with E-state index in [0.29, 0.717) is 0 Å². The molecule has 0 fully saturated rings. The van der Waals surface area contributed by atoms with Crippen LogP contribution >= 0.6 is 15.9 Å².